The highest BCUT2D eigenvalue weighted by molar-refractivity contribution is 7.89. The number of rotatable bonds is 5. The van der Waals surface area contributed by atoms with Crippen LogP contribution < -0.4 is 9.46 Å². The van der Waals surface area contributed by atoms with Crippen molar-refractivity contribution in [3.8, 4) is 5.75 Å². The molecule has 4 rings (SSSR count). The lowest BCUT2D eigenvalue weighted by atomic mass is 9.79. The molecule has 0 saturated carbocycles. The first-order valence-corrected chi connectivity index (χ1v) is 11.4. The van der Waals surface area contributed by atoms with Crippen molar-refractivity contribution in [1.82, 2.24) is 4.72 Å². The lowest BCUT2D eigenvalue weighted by Gasteiger charge is -2.34. The van der Waals surface area contributed by atoms with Gasteiger partial charge in [-0.15, -0.1) is 0 Å². The number of ether oxygens (including phenoxy) is 1. The zero-order valence-corrected chi connectivity index (χ0v) is 17.0. The number of methoxy groups -OCH3 is 1. The number of aryl methyl sites for hydroxylation is 3. The third-order valence-corrected chi connectivity index (χ3v) is 7.43. The minimum absolute atomic E-state index is 0.0360. The van der Waals surface area contributed by atoms with Crippen LogP contribution in [0.5, 0.6) is 5.75 Å². The number of aliphatic hydroxyl groups is 1. The van der Waals surface area contributed by atoms with Crippen molar-refractivity contribution in [2.45, 2.75) is 55.4 Å². The summed E-state index contributed by atoms with van der Waals surface area (Å²) in [6, 6.07) is 11.0. The summed E-state index contributed by atoms with van der Waals surface area (Å²) in [6.45, 7) is -0.0360. The highest BCUT2D eigenvalue weighted by Gasteiger charge is 2.36. The van der Waals surface area contributed by atoms with Crippen LogP contribution in [0.25, 0.3) is 0 Å². The Morgan fingerprint density at radius 3 is 2.54 bits per heavy atom. The molecule has 2 aliphatic rings. The van der Waals surface area contributed by atoms with E-state index in [1.807, 2.05) is 24.3 Å². The maximum absolute atomic E-state index is 12.9. The molecule has 0 radical (unpaired) electrons. The van der Waals surface area contributed by atoms with Gasteiger partial charge in [0.05, 0.1) is 12.0 Å². The van der Waals surface area contributed by atoms with Gasteiger partial charge in [-0.1, -0.05) is 12.1 Å². The summed E-state index contributed by atoms with van der Waals surface area (Å²) in [5.74, 6) is 0.748. The third kappa shape index (κ3) is 3.69. The Hall–Kier alpha value is -1.89. The van der Waals surface area contributed by atoms with Gasteiger partial charge in [0.15, 0.2) is 0 Å². The van der Waals surface area contributed by atoms with Gasteiger partial charge in [-0.05, 0) is 91.5 Å². The van der Waals surface area contributed by atoms with Crippen LogP contribution in [0.4, 0.5) is 0 Å². The van der Waals surface area contributed by atoms with Gasteiger partial charge < -0.3 is 9.84 Å². The van der Waals surface area contributed by atoms with Crippen LogP contribution in [0, 0.1) is 0 Å². The molecule has 5 nitrogen and oxygen atoms in total. The quantitative estimate of drug-likeness (QED) is 0.807. The van der Waals surface area contributed by atoms with Gasteiger partial charge >= 0.3 is 0 Å². The minimum atomic E-state index is -3.68. The topological polar surface area (TPSA) is 75.6 Å². The first kappa shape index (κ1) is 19.4. The second kappa shape index (κ2) is 7.50. The average Bonchev–Trinajstić information content (AvgIpc) is 2.72. The predicted octanol–water partition coefficient (Wildman–Crippen LogP) is 3.08. The number of hydrogen-bond acceptors (Lipinski definition) is 4. The maximum Gasteiger partial charge on any atom is 0.240 e. The van der Waals surface area contributed by atoms with E-state index in [0.29, 0.717) is 6.42 Å². The molecule has 150 valence electrons. The third-order valence-electron chi connectivity index (χ3n) is 6.04. The van der Waals surface area contributed by atoms with Gasteiger partial charge in [-0.25, -0.2) is 13.1 Å². The molecule has 0 spiro atoms. The smallest absolute Gasteiger partial charge is 0.240 e. The van der Waals surface area contributed by atoms with E-state index < -0.39 is 15.6 Å². The molecule has 2 aliphatic carbocycles. The zero-order valence-electron chi connectivity index (χ0n) is 16.2. The Balaban J connectivity index is 1.55. The SMILES string of the molecule is COc1ccc2c(c1)CCCC2(O)CNS(=O)(=O)c1ccc2c(c1)CCCC2. The van der Waals surface area contributed by atoms with Crippen molar-refractivity contribution in [2.75, 3.05) is 13.7 Å². The predicted molar refractivity (Wildman–Crippen MR) is 108 cm³/mol. The Kier molecular flexibility index (Phi) is 5.21. The molecule has 0 aromatic heterocycles. The second-order valence-corrected chi connectivity index (χ2v) is 9.64. The lowest BCUT2D eigenvalue weighted by Crippen LogP contribution is -2.43. The molecule has 6 heteroatoms. The van der Waals surface area contributed by atoms with Crippen LogP contribution in [-0.2, 0) is 34.9 Å². The van der Waals surface area contributed by atoms with Gasteiger partial charge in [0.2, 0.25) is 10.0 Å². The van der Waals surface area contributed by atoms with Gasteiger partial charge in [-0.2, -0.15) is 0 Å². The van der Waals surface area contributed by atoms with Crippen LogP contribution in [-0.4, -0.2) is 27.2 Å². The second-order valence-electron chi connectivity index (χ2n) is 7.87. The van der Waals surface area contributed by atoms with E-state index in [2.05, 4.69) is 4.72 Å². The molecular formula is C22H27NO4S. The van der Waals surface area contributed by atoms with Crippen LogP contribution in [0.3, 0.4) is 0 Å². The highest BCUT2D eigenvalue weighted by atomic mass is 32.2. The molecule has 1 unspecified atom stereocenters. The summed E-state index contributed by atoms with van der Waals surface area (Å²) < 4.78 is 33.7. The van der Waals surface area contributed by atoms with Crippen molar-refractivity contribution < 1.29 is 18.3 Å². The summed E-state index contributed by atoms with van der Waals surface area (Å²) in [5.41, 5.74) is 2.97. The number of benzene rings is 2. The van der Waals surface area contributed by atoms with Crippen LogP contribution in [0.2, 0.25) is 0 Å². The lowest BCUT2D eigenvalue weighted by molar-refractivity contribution is 0.0242. The van der Waals surface area contributed by atoms with Crippen molar-refractivity contribution in [3.05, 3.63) is 58.7 Å². The van der Waals surface area contributed by atoms with E-state index in [9.17, 15) is 13.5 Å². The molecule has 2 aromatic carbocycles. The molecule has 0 fully saturated rings. The molecule has 2 N–H and O–H groups in total. The number of fused-ring (bicyclic) bond motifs is 2. The van der Waals surface area contributed by atoms with Crippen LogP contribution in [0.1, 0.15) is 47.9 Å². The molecule has 0 bridgehead atoms. The summed E-state index contributed by atoms with van der Waals surface area (Å²) >= 11 is 0. The summed E-state index contributed by atoms with van der Waals surface area (Å²) in [4.78, 5) is 0.280. The van der Waals surface area contributed by atoms with E-state index >= 15 is 0 Å². The Morgan fingerprint density at radius 1 is 1.00 bits per heavy atom. The molecule has 0 heterocycles. The van der Waals surface area contributed by atoms with Crippen molar-refractivity contribution >= 4 is 10.0 Å². The molecule has 0 amide bonds. The normalized spacial score (nSPS) is 21.6. The first-order chi connectivity index (χ1) is 13.4. The standard InChI is InChI=1S/C22H27NO4S/c1-27-19-9-11-21-18(13-19)7-4-12-22(21,24)15-23-28(25,26)20-10-8-16-5-2-3-6-17(16)14-20/h8-11,13-14,23-24H,2-7,12,15H2,1H3. The number of hydrogen-bond donors (Lipinski definition) is 2. The molecular weight excluding hydrogens is 374 g/mol. The Labute approximate surface area is 166 Å². The van der Waals surface area contributed by atoms with Crippen LogP contribution >= 0.6 is 0 Å². The van der Waals surface area contributed by atoms with Crippen molar-refractivity contribution in [1.29, 1.82) is 0 Å². The van der Waals surface area contributed by atoms with Gasteiger partial charge in [0, 0.05) is 6.54 Å². The van der Waals surface area contributed by atoms with E-state index in [4.69, 9.17) is 4.74 Å². The van der Waals surface area contributed by atoms with Crippen molar-refractivity contribution in [3.63, 3.8) is 0 Å². The van der Waals surface area contributed by atoms with E-state index in [1.54, 1.807) is 19.2 Å². The molecule has 28 heavy (non-hydrogen) atoms. The monoisotopic (exact) mass is 401 g/mol. The van der Waals surface area contributed by atoms with E-state index in [1.165, 1.54) is 5.56 Å². The highest BCUT2D eigenvalue weighted by Crippen LogP contribution is 2.37. The summed E-state index contributed by atoms with van der Waals surface area (Å²) in [6.07, 6.45) is 6.39. The fraction of sp³-hybridized carbons (Fsp3) is 0.455. The Morgan fingerprint density at radius 2 is 1.75 bits per heavy atom. The van der Waals surface area contributed by atoms with Crippen molar-refractivity contribution in [2.24, 2.45) is 0 Å². The largest absolute Gasteiger partial charge is 0.497 e. The summed E-state index contributed by atoms with van der Waals surface area (Å²) in [7, 11) is -2.07. The first-order valence-electron chi connectivity index (χ1n) is 9.92. The molecule has 2 aromatic rings. The maximum atomic E-state index is 12.9. The van der Waals surface area contributed by atoms with E-state index in [0.717, 1.165) is 61.0 Å². The zero-order chi connectivity index (χ0) is 19.8. The molecule has 0 saturated heterocycles. The minimum Gasteiger partial charge on any atom is -0.497 e. The summed E-state index contributed by atoms with van der Waals surface area (Å²) in [5, 5.41) is 11.2. The van der Waals surface area contributed by atoms with Gasteiger partial charge in [0.1, 0.15) is 11.4 Å². The molecule has 0 aliphatic heterocycles. The fourth-order valence-corrected chi connectivity index (χ4v) is 5.56. The van der Waals surface area contributed by atoms with Crippen LogP contribution in [0.15, 0.2) is 41.3 Å². The van der Waals surface area contributed by atoms with Gasteiger partial charge in [-0.3, -0.25) is 0 Å². The van der Waals surface area contributed by atoms with Gasteiger partial charge in [0.25, 0.3) is 0 Å². The molecule has 1 atom stereocenters. The Bertz CT molecular complexity index is 986. The number of sulfonamides is 1. The number of nitrogens with one attached hydrogen (secondary N) is 1. The average molecular weight is 402 g/mol. The fourth-order valence-electron chi connectivity index (χ4n) is 4.42. The van der Waals surface area contributed by atoms with E-state index in [-0.39, 0.29) is 11.4 Å².